The molecule has 94 valence electrons. The van der Waals surface area contributed by atoms with Gasteiger partial charge in [0.05, 0.1) is 6.20 Å². The number of rotatable bonds is 3. The van der Waals surface area contributed by atoms with E-state index < -0.39 is 6.04 Å². The highest BCUT2D eigenvalue weighted by Gasteiger charge is 2.17. The Bertz CT molecular complexity index is 563. The molecular formula is C12H15N5O. The van der Waals surface area contributed by atoms with Gasteiger partial charge in [0.25, 0.3) is 0 Å². The molecule has 0 aromatic carbocycles. The molecule has 3 N–H and O–H groups in total. The molecule has 2 aromatic rings. The van der Waals surface area contributed by atoms with Crippen molar-refractivity contribution in [1.82, 2.24) is 14.8 Å². The Morgan fingerprint density at radius 1 is 1.56 bits per heavy atom. The minimum absolute atomic E-state index is 0.305. The molecule has 0 radical (unpaired) electrons. The van der Waals surface area contributed by atoms with Gasteiger partial charge in [0.1, 0.15) is 11.9 Å². The fraction of sp³-hybridized carbons (Fsp3) is 0.250. The zero-order valence-corrected chi connectivity index (χ0v) is 10.3. The van der Waals surface area contributed by atoms with Crippen molar-refractivity contribution in [2.75, 3.05) is 5.32 Å². The van der Waals surface area contributed by atoms with E-state index in [1.54, 1.807) is 36.4 Å². The van der Waals surface area contributed by atoms with E-state index in [-0.39, 0.29) is 5.91 Å². The van der Waals surface area contributed by atoms with Gasteiger partial charge in [-0.15, -0.1) is 0 Å². The Hall–Kier alpha value is -2.21. The SMILES string of the molecule is Cc1ccnc(NC(=O)C(N)c2cnn(C)c2)c1. The summed E-state index contributed by atoms with van der Waals surface area (Å²) in [5.74, 6) is 0.195. The van der Waals surface area contributed by atoms with Crippen LogP contribution in [-0.2, 0) is 11.8 Å². The number of nitrogens with two attached hydrogens (primary N) is 1. The number of aromatic nitrogens is 3. The molecule has 1 amide bonds. The molecule has 1 atom stereocenters. The van der Waals surface area contributed by atoms with E-state index in [0.717, 1.165) is 5.56 Å². The summed E-state index contributed by atoms with van der Waals surface area (Å²) in [5.41, 5.74) is 7.54. The molecule has 6 nitrogen and oxygen atoms in total. The van der Waals surface area contributed by atoms with Crippen molar-refractivity contribution in [3.63, 3.8) is 0 Å². The number of hydrogen-bond acceptors (Lipinski definition) is 4. The van der Waals surface area contributed by atoms with Crippen molar-refractivity contribution in [2.24, 2.45) is 12.8 Å². The lowest BCUT2D eigenvalue weighted by Gasteiger charge is -2.10. The van der Waals surface area contributed by atoms with Gasteiger partial charge in [0.15, 0.2) is 0 Å². The average molecular weight is 245 g/mol. The minimum Gasteiger partial charge on any atom is -0.316 e. The number of carbonyl (C=O) groups excluding carboxylic acids is 1. The summed E-state index contributed by atoms with van der Waals surface area (Å²) in [6, 6.07) is 2.89. The molecule has 0 fully saturated rings. The van der Waals surface area contributed by atoms with E-state index in [0.29, 0.717) is 11.4 Å². The minimum atomic E-state index is -0.749. The van der Waals surface area contributed by atoms with E-state index in [1.165, 1.54) is 0 Å². The van der Waals surface area contributed by atoms with Crippen LogP contribution in [0.5, 0.6) is 0 Å². The molecule has 0 aliphatic heterocycles. The van der Waals surface area contributed by atoms with E-state index >= 15 is 0 Å². The van der Waals surface area contributed by atoms with Gasteiger partial charge in [-0.2, -0.15) is 5.10 Å². The Kier molecular flexibility index (Phi) is 3.38. The van der Waals surface area contributed by atoms with Gasteiger partial charge in [-0.05, 0) is 24.6 Å². The summed E-state index contributed by atoms with van der Waals surface area (Å²) in [6.07, 6.45) is 4.93. The second-order valence-corrected chi connectivity index (χ2v) is 4.13. The van der Waals surface area contributed by atoms with Crippen LogP contribution in [0.25, 0.3) is 0 Å². The summed E-state index contributed by atoms with van der Waals surface area (Å²) in [7, 11) is 1.77. The molecule has 6 heteroatoms. The summed E-state index contributed by atoms with van der Waals surface area (Å²) >= 11 is 0. The van der Waals surface area contributed by atoms with Gasteiger partial charge < -0.3 is 11.1 Å². The largest absolute Gasteiger partial charge is 0.316 e. The average Bonchev–Trinajstić information content (AvgIpc) is 2.75. The van der Waals surface area contributed by atoms with Crippen LogP contribution in [0.4, 0.5) is 5.82 Å². The van der Waals surface area contributed by atoms with Crippen LogP contribution in [0.15, 0.2) is 30.7 Å². The number of carbonyl (C=O) groups is 1. The number of anilines is 1. The molecule has 0 saturated carbocycles. The van der Waals surface area contributed by atoms with Gasteiger partial charge in [0.2, 0.25) is 5.91 Å². The number of aryl methyl sites for hydroxylation is 2. The van der Waals surface area contributed by atoms with E-state index in [9.17, 15) is 4.79 Å². The lowest BCUT2D eigenvalue weighted by molar-refractivity contribution is -0.117. The Morgan fingerprint density at radius 2 is 2.33 bits per heavy atom. The third kappa shape index (κ3) is 2.72. The van der Waals surface area contributed by atoms with Crippen molar-refractivity contribution in [3.05, 3.63) is 41.9 Å². The zero-order chi connectivity index (χ0) is 13.1. The van der Waals surface area contributed by atoms with Gasteiger partial charge in [0, 0.05) is 25.0 Å². The molecule has 0 spiro atoms. The molecule has 0 aliphatic carbocycles. The first-order chi connectivity index (χ1) is 8.56. The molecule has 2 heterocycles. The number of amides is 1. The summed E-state index contributed by atoms with van der Waals surface area (Å²) in [6.45, 7) is 1.93. The maximum atomic E-state index is 11.9. The van der Waals surface area contributed by atoms with Gasteiger partial charge >= 0.3 is 0 Å². The van der Waals surface area contributed by atoms with Crippen LogP contribution >= 0.6 is 0 Å². The predicted octanol–water partition coefficient (Wildman–Crippen LogP) is 0.762. The third-order valence-electron chi connectivity index (χ3n) is 2.53. The lowest BCUT2D eigenvalue weighted by Crippen LogP contribution is -2.27. The smallest absolute Gasteiger partial charge is 0.247 e. The summed E-state index contributed by atoms with van der Waals surface area (Å²) in [4.78, 5) is 16.0. The van der Waals surface area contributed by atoms with Crippen LogP contribution in [0, 0.1) is 6.92 Å². The van der Waals surface area contributed by atoms with Gasteiger partial charge in [-0.3, -0.25) is 9.48 Å². The first-order valence-corrected chi connectivity index (χ1v) is 5.54. The highest BCUT2D eigenvalue weighted by atomic mass is 16.2. The molecule has 18 heavy (non-hydrogen) atoms. The molecule has 2 rings (SSSR count). The Labute approximate surface area is 105 Å². The second kappa shape index (κ2) is 4.97. The Morgan fingerprint density at radius 3 is 2.94 bits per heavy atom. The van der Waals surface area contributed by atoms with E-state index in [2.05, 4.69) is 15.4 Å². The Balaban J connectivity index is 2.08. The molecule has 0 bridgehead atoms. The molecule has 1 unspecified atom stereocenters. The van der Waals surface area contributed by atoms with Crippen LogP contribution < -0.4 is 11.1 Å². The standard InChI is InChI=1S/C12H15N5O/c1-8-3-4-14-10(5-8)16-12(18)11(13)9-6-15-17(2)7-9/h3-7,11H,13H2,1-2H3,(H,14,16,18). The van der Waals surface area contributed by atoms with Crippen molar-refractivity contribution < 1.29 is 4.79 Å². The maximum Gasteiger partial charge on any atom is 0.247 e. The van der Waals surface area contributed by atoms with Gasteiger partial charge in [-0.1, -0.05) is 0 Å². The first-order valence-electron chi connectivity index (χ1n) is 5.54. The fourth-order valence-corrected chi connectivity index (χ4v) is 1.56. The molecule has 2 aromatic heterocycles. The summed E-state index contributed by atoms with van der Waals surface area (Å²) < 4.78 is 1.60. The molecule has 0 saturated heterocycles. The highest BCUT2D eigenvalue weighted by molar-refractivity contribution is 5.94. The van der Waals surface area contributed by atoms with E-state index in [4.69, 9.17) is 5.73 Å². The number of hydrogen-bond donors (Lipinski definition) is 2. The fourth-order valence-electron chi connectivity index (χ4n) is 1.56. The number of nitrogens with zero attached hydrogens (tertiary/aromatic N) is 3. The molecular weight excluding hydrogens is 230 g/mol. The van der Waals surface area contributed by atoms with Crippen molar-refractivity contribution >= 4 is 11.7 Å². The van der Waals surface area contributed by atoms with Crippen molar-refractivity contribution in [3.8, 4) is 0 Å². The predicted molar refractivity (Wildman–Crippen MR) is 67.7 cm³/mol. The van der Waals surface area contributed by atoms with Crippen LogP contribution in [-0.4, -0.2) is 20.7 Å². The monoisotopic (exact) mass is 245 g/mol. The lowest BCUT2D eigenvalue weighted by atomic mass is 10.1. The number of nitrogens with one attached hydrogen (secondary N) is 1. The van der Waals surface area contributed by atoms with Crippen molar-refractivity contribution in [1.29, 1.82) is 0 Å². The van der Waals surface area contributed by atoms with Crippen molar-refractivity contribution in [2.45, 2.75) is 13.0 Å². The second-order valence-electron chi connectivity index (χ2n) is 4.13. The summed E-state index contributed by atoms with van der Waals surface area (Å²) in [5, 5.41) is 6.66. The normalized spacial score (nSPS) is 12.2. The molecule has 0 aliphatic rings. The van der Waals surface area contributed by atoms with Gasteiger partial charge in [-0.25, -0.2) is 4.98 Å². The maximum absolute atomic E-state index is 11.9. The van der Waals surface area contributed by atoms with E-state index in [1.807, 2.05) is 13.0 Å². The highest BCUT2D eigenvalue weighted by Crippen LogP contribution is 2.12. The van der Waals surface area contributed by atoms with Crippen LogP contribution in [0.3, 0.4) is 0 Å². The first kappa shape index (κ1) is 12.3. The topological polar surface area (TPSA) is 85.8 Å². The quantitative estimate of drug-likeness (QED) is 0.836. The van der Waals surface area contributed by atoms with Crippen LogP contribution in [0.1, 0.15) is 17.2 Å². The number of pyridine rings is 1. The third-order valence-corrected chi connectivity index (χ3v) is 2.53. The van der Waals surface area contributed by atoms with Crippen LogP contribution in [0.2, 0.25) is 0 Å². The zero-order valence-electron chi connectivity index (χ0n) is 10.3.